The van der Waals surface area contributed by atoms with Gasteiger partial charge in [-0.1, -0.05) is 11.3 Å². The van der Waals surface area contributed by atoms with Crippen molar-refractivity contribution in [1.82, 2.24) is 10.2 Å². The molecule has 0 spiro atoms. The van der Waals surface area contributed by atoms with Gasteiger partial charge in [-0.15, -0.1) is 10.2 Å². The molecule has 0 fully saturated rings. The summed E-state index contributed by atoms with van der Waals surface area (Å²) < 4.78 is 47.8. The second kappa shape index (κ2) is 6.27. The Kier molecular flexibility index (Phi) is 4.66. The molecule has 0 aliphatic rings. The zero-order valence-corrected chi connectivity index (χ0v) is 14.0. The van der Waals surface area contributed by atoms with Gasteiger partial charge in [0, 0.05) is 6.07 Å². The summed E-state index contributed by atoms with van der Waals surface area (Å²) in [6.07, 6.45) is 0. The summed E-state index contributed by atoms with van der Waals surface area (Å²) in [5.41, 5.74) is -1.73. The number of aromatic nitrogens is 2. The number of rotatable bonds is 6. The van der Waals surface area contributed by atoms with Gasteiger partial charge in [-0.05, 0) is 6.07 Å². The van der Waals surface area contributed by atoms with E-state index in [1.165, 1.54) is 0 Å². The fourth-order valence-corrected chi connectivity index (χ4v) is 4.24. The van der Waals surface area contributed by atoms with Crippen molar-refractivity contribution < 1.29 is 26.7 Å². The molecule has 134 valence electrons. The normalized spacial score (nSPS) is 11.9. The van der Waals surface area contributed by atoms with Crippen LogP contribution in [0.2, 0.25) is 0 Å². The van der Waals surface area contributed by atoms with Crippen molar-refractivity contribution in [3.8, 4) is 0 Å². The van der Waals surface area contributed by atoms with Crippen LogP contribution in [0.1, 0.15) is 0 Å². The summed E-state index contributed by atoms with van der Waals surface area (Å²) in [6, 6.07) is 1.90. The molecule has 1 aromatic carbocycles. The monoisotopic (exact) mass is 410 g/mol. The van der Waals surface area contributed by atoms with Crippen LogP contribution >= 0.6 is 11.3 Å². The van der Waals surface area contributed by atoms with E-state index in [2.05, 4.69) is 10.2 Å². The lowest BCUT2D eigenvalue weighted by atomic mass is 10.3. The van der Waals surface area contributed by atoms with Crippen molar-refractivity contribution in [3.05, 3.63) is 38.4 Å². The molecule has 0 amide bonds. The van der Waals surface area contributed by atoms with Crippen molar-refractivity contribution >= 4 is 47.9 Å². The summed E-state index contributed by atoms with van der Waals surface area (Å²) in [7, 11) is -8.82. The predicted molar refractivity (Wildman–Crippen MR) is 81.8 cm³/mol. The maximum Gasteiger partial charge on any atom is 0.296 e. The van der Waals surface area contributed by atoms with Gasteiger partial charge >= 0.3 is 0 Å². The molecule has 17 heteroatoms. The van der Waals surface area contributed by atoms with Crippen molar-refractivity contribution in [2.45, 2.75) is 9.24 Å². The zero-order valence-electron chi connectivity index (χ0n) is 11.6. The summed E-state index contributed by atoms with van der Waals surface area (Å²) in [4.78, 5) is 18.7. The topological polar surface area (TPSA) is 218 Å². The first-order valence-corrected chi connectivity index (χ1v) is 9.58. The quantitative estimate of drug-likeness (QED) is 0.471. The largest absolute Gasteiger partial charge is 0.296 e. The number of hydrogen-bond donors (Lipinski definition) is 2. The number of anilines is 1. The van der Waals surface area contributed by atoms with E-state index in [1.54, 1.807) is 4.72 Å². The van der Waals surface area contributed by atoms with Gasteiger partial charge in [-0.2, -0.15) is 0 Å². The van der Waals surface area contributed by atoms with Crippen LogP contribution in [0.3, 0.4) is 0 Å². The van der Waals surface area contributed by atoms with Crippen molar-refractivity contribution in [3.63, 3.8) is 0 Å². The lowest BCUT2D eigenvalue weighted by Gasteiger charge is -2.05. The summed E-state index contributed by atoms with van der Waals surface area (Å²) in [5.74, 6) is 0. The standard InChI is InChI=1S/C8H6N6O8S3/c9-24(19,20)8-11-10-7(23-8)12-25(21,22)6-2-1-4(13(15)16)3-5(6)14(17)18/h1-3H,(H,10,12)(H2,9,19,20). The maximum absolute atomic E-state index is 12.2. The maximum atomic E-state index is 12.2. The van der Waals surface area contributed by atoms with E-state index in [0.29, 0.717) is 12.1 Å². The number of non-ortho nitro benzene ring substituents is 1. The Bertz CT molecular complexity index is 1080. The second-order valence-corrected chi connectivity index (χ2v) is 8.55. The Labute approximate surface area is 142 Å². The van der Waals surface area contributed by atoms with E-state index >= 15 is 0 Å². The van der Waals surface area contributed by atoms with Crippen LogP contribution < -0.4 is 9.86 Å². The fourth-order valence-electron chi connectivity index (χ4n) is 1.53. The van der Waals surface area contributed by atoms with E-state index in [1.807, 2.05) is 0 Å². The van der Waals surface area contributed by atoms with Crippen LogP contribution in [0.15, 0.2) is 27.4 Å². The number of nitrogens with zero attached hydrogens (tertiary/aromatic N) is 4. The van der Waals surface area contributed by atoms with Crippen LogP contribution in [0, 0.1) is 20.2 Å². The van der Waals surface area contributed by atoms with Crippen molar-refractivity contribution in [1.29, 1.82) is 0 Å². The summed E-state index contributed by atoms with van der Waals surface area (Å²) in [6.45, 7) is 0. The fraction of sp³-hybridized carbons (Fsp3) is 0. The lowest BCUT2D eigenvalue weighted by molar-refractivity contribution is -0.396. The van der Waals surface area contributed by atoms with E-state index in [9.17, 15) is 37.1 Å². The van der Waals surface area contributed by atoms with Gasteiger partial charge in [-0.25, -0.2) is 22.0 Å². The minimum atomic E-state index is -4.61. The minimum Gasteiger partial charge on any atom is -0.258 e. The Hall–Kier alpha value is -2.76. The number of nitro benzene ring substituents is 2. The number of primary sulfonamides is 1. The van der Waals surface area contributed by atoms with Crippen molar-refractivity contribution in [2.75, 3.05) is 4.72 Å². The van der Waals surface area contributed by atoms with Crippen LogP contribution in [0.4, 0.5) is 16.5 Å². The highest BCUT2D eigenvalue weighted by atomic mass is 32.2. The Balaban J connectivity index is 2.48. The van der Waals surface area contributed by atoms with Crippen LogP contribution in [0.25, 0.3) is 0 Å². The molecule has 0 saturated heterocycles. The molecule has 1 heterocycles. The molecule has 0 radical (unpaired) electrons. The average Bonchev–Trinajstić information content (AvgIpc) is 2.94. The second-order valence-electron chi connectivity index (χ2n) is 4.19. The van der Waals surface area contributed by atoms with E-state index in [4.69, 9.17) is 5.14 Å². The van der Waals surface area contributed by atoms with Gasteiger partial charge < -0.3 is 0 Å². The Morgan fingerprint density at radius 3 is 2.20 bits per heavy atom. The van der Waals surface area contributed by atoms with Crippen molar-refractivity contribution in [2.24, 2.45) is 5.14 Å². The Morgan fingerprint density at radius 1 is 1.08 bits per heavy atom. The highest BCUT2D eigenvalue weighted by molar-refractivity contribution is 7.93. The van der Waals surface area contributed by atoms with Gasteiger partial charge in [0.1, 0.15) is 0 Å². The zero-order chi connectivity index (χ0) is 19.0. The number of nitrogens with one attached hydrogen (secondary N) is 1. The van der Waals surface area contributed by atoms with Crippen LogP contribution in [-0.2, 0) is 20.0 Å². The first kappa shape index (κ1) is 18.6. The van der Waals surface area contributed by atoms with E-state index < -0.39 is 55.6 Å². The lowest BCUT2D eigenvalue weighted by Crippen LogP contribution is -2.14. The average molecular weight is 410 g/mol. The number of sulfonamides is 2. The minimum absolute atomic E-state index is 0.280. The molecular weight excluding hydrogens is 404 g/mol. The molecule has 3 N–H and O–H groups in total. The third-order valence-electron chi connectivity index (χ3n) is 2.51. The third-order valence-corrected chi connectivity index (χ3v) is 6.18. The highest BCUT2D eigenvalue weighted by Gasteiger charge is 2.30. The number of benzene rings is 1. The van der Waals surface area contributed by atoms with Gasteiger partial charge in [0.15, 0.2) is 4.90 Å². The first-order valence-electron chi connectivity index (χ1n) is 5.74. The molecule has 14 nitrogen and oxygen atoms in total. The van der Waals surface area contributed by atoms with Crippen LogP contribution in [0.5, 0.6) is 0 Å². The number of hydrogen-bond acceptors (Lipinski definition) is 11. The molecule has 0 aliphatic heterocycles. The van der Waals surface area contributed by atoms with Gasteiger partial charge in [0.05, 0.1) is 15.9 Å². The van der Waals surface area contributed by atoms with Gasteiger partial charge in [0.2, 0.25) is 9.47 Å². The molecule has 25 heavy (non-hydrogen) atoms. The SMILES string of the molecule is NS(=O)(=O)c1nnc(NS(=O)(=O)c2ccc([N+](=O)[O-])cc2[N+](=O)[O-])s1. The molecule has 1 aromatic heterocycles. The van der Waals surface area contributed by atoms with E-state index in [0.717, 1.165) is 6.07 Å². The molecule has 0 atom stereocenters. The van der Waals surface area contributed by atoms with Gasteiger partial charge in [0.25, 0.3) is 31.4 Å². The smallest absolute Gasteiger partial charge is 0.258 e. The number of nitrogens with two attached hydrogens (primary N) is 1. The molecule has 0 aliphatic carbocycles. The third kappa shape index (κ3) is 4.02. The van der Waals surface area contributed by atoms with Gasteiger partial charge in [-0.3, -0.25) is 25.0 Å². The molecule has 2 aromatic rings. The van der Waals surface area contributed by atoms with E-state index in [-0.39, 0.29) is 11.3 Å². The molecule has 2 rings (SSSR count). The van der Waals surface area contributed by atoms with Crippen LogP contribution in [-0.4, -0.2) is 36.9 Å². The summed E-state index contributed by atoms with van der Waals surface area (Å²) >= 11 is 0.280. The molecule has 0 unspecified atom stereocenters. The first-order chi connectivity index (χ1) is 11.4. The predicted octanol–water partition coefficient (Wildman–Crippen LogP) is -0.197. The highest BCUT2D eigenvalue weighted by Crippen LogP contribution is 2.30. The molecular formula is C8H6N6O8S3. The Morgan fingerprint density at radius 2 is 1.72 bits per heavy atom. The number of nitro groups is 2. The molecule has 0 bridgehead atoms. The molecule has 0 saturated carbocycles. The summed E-state index contributed by atoms with van der Waals surface area (Å²) in [5, 5.41) is 32.4.